The maximum Gasteiger partial charge on any atom is 0.416 e. The lowest BCUT2D eigenvalue weighted by atomic mass is 10.2. The zero-order valence-electron chi connectivity index (χ0n) is 15.4. The van der Waals surface area contributed by atoms with Crippen LogP contribution in [0, 0.1) is 0 Å². The molecule has 3 aromatic rings. The van der Waals surface area contributed by atoms with Gasteiger partial charge in [0.05, 0.1) is 18.7 Å². The number of aromatic nitrogens is 2. The molecule has 0 saturated carbocycles. The van der Waals surface area contributed by atoms with Crippen molar-refractivity contribution < 1.29 is 22.7 Å². The number of carbonyl (C=O) groups is 1. The van der Waals surface area contributed by atoms with E-state index in [0.29, 0.717) is 0 Å². The van der Waals surface area contributed by atoms with Gasteiger partial charge in [0.25, 0.3) is 11.5 Å². The van der Waals surface area contributed by atoms with Crippen LogP contribution in [-0.2, 0) is 12.7 Å². The first-order valence-corrected chi connectivity index (χ1v) is 9.57. The maximum absolute atomic E-state index is 12.7. The quantitative estimate of drug-likeness (QED) is 0.553. The van der Waals surface area contributed by atoms with Crippen molar-refractivity contribution in [1.82, 2.24) is 14.9 Å². The standard InChI is InChI=1S/C19H16F3N3O4S/c20-19(21,22)12-3-1-4-13(9-12)29-7-6-23-16(26)15-10-24-18(28)25(17(15)27)11-14-5-2-8-30-14/h1-5,8-10H,6-7,11H2,(H,23,26)(H,24,28). The Morgan fingerprint density at radius 3 is 2.70 bits per heavy atom. The van der Waals surface area contributed by atoms with Gasteiger partial charge in [-0.2, -0.15) is 13.2 Å². The zero-order valence-corrected chi connectivity index (χ0v) is 16.2. The molecule has 7 nitrogen and oxygen atoms in total. The molecule has 0 aliphatic heterocycles. The molecule has 3 rings (SSSR count). The molecule has 0 fully saturated rings. The van der Waals surface area contributed by atoms with E-state index in [4.69, 9.17) is 4.74 Å². The van der Waals surface area contributed by atoms with Crippen molar-refractivity contribution in [3.63, 3.8) is 0 Å². The smallest absolute Gasteiger partial charge is 0.416 e. The van der Waals surface area contributed by atoms with Crippen LogP contribution in [0.1, 0.15) is 20.8 Å². The van der Waals surface area contributed by atoms with Crippen molar-refractivity contribution in [2.24, 2.45) is 0 Å². The Bertz CT molecular complexity index is 1140. The fraction of sp³-hybridized carbons (Fsp3) is 0.211. The molecule has 1 amide bonds. The number of alkyl halides is 3. The molecule has 1 aromatic carbocycles. The van der Waals surface area contributed by atoms with Crippen LogP contribution in [-0.4, -0.2) is 28.6 Å². The number of thiophene rings is 1. The number of halogens is 3. The van der Waals surface area contributed by atoms with Gasteiger partial charge in [0.1, 0.15) is 17.9 Å². The summed E-state index contributed by atoms with van der Waals surface area (Å²) in [7, 11) is 0. The first kappa shape index (κ1) is 21.4. The molecule has 0 aliphatic rings. The number of hydrogen-bond acceptors (Lipinski definition) is 5. The summed E-state index contributed by atoms with van der Waals surface area (Å²) in [6.07, 6.45) is -3.46. The Kier molecular flexibility index (Phi) is 6.40. The number of hydrogen-bond donors (Lipinski definition) is 2. The predicted octanol–water partition coefficient (Wildman–Crippen LogP) is 2.47. The number of rotatable bonds is 7. The summed E-state index contributed by atoms with van der Waals surface area (Å²) in [5.41, 5.74) is -2.49. The van der Waals surface area contributed by atoms with Crippen molar-refractivity contribution in [3.8, 4) is 5.75 Å². The number of nitrogens with one attached hydrogen (secondary N) is 2. The van der Waals surface area contributed by atoms with Crippen LogP contribution in [0.2, 0.25) is 0 Å². The molecule has 0 bridgehead atoms. The minimum atomic E-state index is -4.49. The van der Waals surface area contributed by atoms with Gasteiger partial charge in [-0.25, -0.2) is 4.79 Å². The van der Waals surface area contributed by atoms with Crippen LogP contribution in [0.5, 0.6) is 5.75 Å². The fourth-order valence-corrected chi connectivity index (χ4v) is 3.26. The van der Waals surface area contributed by atoms with Gasteiger partial charge in [-0.3, -0.25) is 14.2 Å². The molecule has 2 N–H and O–H groups in total. The minimum absolute atomic E-state index is 0.00131. The molecular formula is C19H16F3N3O4S. The summed E-state index contributed by atoms with van der Waals surface area (Å²) in [5, 5.41) is 4.24. The summed E-state index contributed by atoms with van der Waals surface area (Å²) < 4.78 is 44.2. The Morgan fingerprint density at radius 2 is 2.00 bits per heavy atom. The largest absolute Gasteiger partial charge is 0.492 e. The van der Waals surface area contributed by atoms with Crippen molar-refractivity contribution in [2.45, 2.75) is 12.7 Å². The van der Waals surface area contributed by atoms with Crippen LogP contribution in [0.25, 0.3) is 0 Å². The van der Waals surface area contributed by atoms with E-state index in [1.54, 1.807) is 17.5 Å². The number of H-pyrrole nitrogens is 1. The number of nitrogens with zero attached hydrogens (tertiary/aromatic N) is 1. The monoisotopic (exact) mass is 439 g/mol. The molecule has 2 aromatic heterocycles. The molecule has 0 unspecified atom stereocenters. The highest BCUT2D eigenvalue weighted by Gasteiger charge is 2.30. The van der Waals surface area contributed by atoms with Crippen molar-refractivity contribution in [1.29, 1.82) is 0 Å². The van der Waals surface area contributed by atoms with E-state index in [1.165, 1.54) is 23.5 Å². The van der Waals surface area contributed by atoms with Gasteiger partial charge in [-0.15, -0.1) is 11.3 Å². The molecule has 0 saturated heterocycles. The molecule has 30 heavy (non-hydrogen) atoms. The van der Waals surface area contributed by atoms with Crippen LogP contribution in [0.4, 0.5) is 13.2 Å². The normalized spacial score (nSPS) is 11.3. The molecule has 11 heteroatoms. The summed E-state index contributed by atoms with van der Waals surface area (Å²) in [6.45, 7) is -0.135. The van der Waals surface area contributed by atoms with E-state index >= 15 is 0 Å². The summed E-state index contributed by atoms with van der Waals surface area (Å²) in [5.74, 6) is -0.731. The molecule has 0 atom stereocenters. The van der Waals surface area contributed by atoms with Gasteiger partial charge in [0.2, 0.25) is 0 Å². The van der Waals surface area contributed by atoms with Gasteiger partial charge in [0.15, 0.2) is 0 Å². The topological polar surface area (TPSA) is 93.2 Å². The second-order valence-electron chi connectivity index (χ2n) is 6.11. The third-order valence-electron chi connectivity index (χ3n) is 4.02. The fourth-order valence-electron chi connectivity index (χ4n) is 2.57. The summed E-state index contributed by atoms with van der Waals surface area (Å²) >= 11 is 1.37. The number of benzene rings is 1. The summed E-state index contributed by atoms with van der Waals surface area (Å²) in [6, 6.07) is 7.89. The highest BCUT2D eigenvalue weighted by Crippen LogP contribution is 2.31. The highest BCUT2D eigenvalue weighted by molar-refractivity contribution is 7.09. The maximum atomic E-state index is 12.7. The van der Waals surface area contributed by atoms with E-state index in [1.807, 2.05) is 0 Å². The highest BCUT2D eigenvalue weighted by atomic mass is 32.1. The molecule has 0 aliphatic carbocycles. The van der Waals surface area contributed by atoms with Crippen LogP contribution < -0.4 is 21.3 Å². The van der Waals surface area contributed by atoms with Crippen LogP contribution in [0.3, 0.4) is 0 Å². The molecule has 2 heterocycles. The second-order valence-corrected chi connectivity index (χ2v) is 7.14. The molecule has 0 radical (unpaired) electrons. The Balaban J connectivity index is 1.60. The third kappa shape index (κ3) is 5.17. The van der Waals surface area contributed by atoms with E-state index < -0.39 is 28.9 Å². The first-order valence-electron chi connectivity index (χ1n) is 8.69. The van der Waals surface area contributed by atoms with Crippen LogP contribution in [0.15, 0.2) is 57.6 Å². The minimum Gasteiger partial charge on any atom is -0.492 e. The Hall–Kier alpha value is -3.34. The number of amides is 1. The Labute approximate surface area is 171 Å². The first-order chi connectivity index (χ1) is 14.3. The number of carbonyl (C=O) groups excluding carboxylic acids is 1. The predicted molar refractivity (Wildman–Crippen MR) is 104 cm³/mol. The lowest BCUT2D eigenvalue weighted by molar-refractivity contribution is -0.137. The molecule has 0 spiro atoms. The summed E-state index contributed by atoms with van der Waals surface area (Å²) in [4.78, 5) is 39.8. The van der Waals surface area contributed by atoms with Crippen molar-refractivity contribution in [2.75, 3.05) is 13.2 Å². The van der Waals surface area contributed by atoms with E-state index in [0.717, 1.165) is 27.8 Å². The number of aromatic amines is 1. The zero-order chi connectivity index (χ0) is 21.7. The van der Waals surface area contributed by atoms with Crippen LogP contribution >= 0.6 is 11.3 Å². The Morgan fingerprint density at radius 1 is 1.20 bits per heavy atom. The van der Waals surface area contributed by atoms with Gasteiger partial charge >= 0.3 is 11.9 Å². The van der Waals surface area contributed by atoms with Gasteiger partial charge in [-0.05, 0) is 29.6 Å². The van der Waals surface area contributed by atoms with E-state index in [2.05, 4.69) is 10.3 Å². The lowest BCUT2D eigenvalue weighted by Gasteiger charge is -2.11. The average Bonchev–Trinajstić information content (AvgIpc) is 3.21. The third-order valence-corrected chi connectivity index (χ3v) is 4.88. The van der Waals surface area contributed by atoms with Crippen molar-refractivity contribution >= 4 is 17.2 Å². The van der Waals surface area contributed by atoms with E-state index in [9.17, 15) is 27.6 Å². The van der Waals surface area contributed by atoms with E-state index in [-0.39, 0.29) is 31.0 Å². The van der Waals surface area contributed by atoms with Gasteiger partial charge in [-0.1, -0.05) is 12.1 Å². The average molecular weight is 439 g/mol. The molecule has 158 valence electrons. The van der Waals surface area contributed by atoms with Gasteiger partial charge in [0, 0.05) is 11.1 Å². The SMILES string of the molecule is O=C(NCCOc1cccc(C(F)(F)F)c1)c1c[nH]c(=O)n(Cc2cccs2)c1=O. The van der Waals surface area contributed by atoms with Crippen molar-refractivity contribution in [3.05, 3.63) is 84.8 Å². The lowest BCUT2D eigenvalue weighted by Crippen LogP contribution is -2.41. The number of ether oxygens (including phenoxy) is 1. The second kappa shape index (κ2) is 8.99. The molecular weight excluding hydrogens is 423 g/mol. The van der Waals surface area contributed by atoms with Gasteiger partial charge < -0.3 is 15.0 Å².